The number of furan rings is 1. The van der Waals surface area contributed by atoms with Gasteiger partial charge in [0, 0.05) is 6.54 Å². The molecule has 1 aromatic heterocycles. The van der Waals surface area contributed by atoms with Gasteiger partial charge in [-0.2, -0.15) is 0 Å². The molecule has 10 heteroatoms. The van der Waals surface area contributed by atoms with E-state index in [0.717, 1.165) is 0 Å². The topological polar surface area (TPSA) is 109 Å². The lowest BCUT2D eigenvalue weighted by atomic mass is 10.1. The number of oxime groups is 1. The molecule has 10 nitrogen and oxygen atoms in total. The van der Waals surface area contributed by atoms with Gasteiger partial charge in [-0.1, -0.05) is 5.16 Å². The molecular weight excluding hydrogens is 420 g/mol. The Morgan fingerprint density at radius 3 is 2.59 bits per heavy atom. The molecule has 0 radical (unpaired) electrons. The van der Waals surface area contributed by atoms with Crippen molar-refractivity contribution in [3.63, 3.8) is 0 Å². The van der Waals surface area contributed by atoms with Crippen LogP contribution in [0.15, 0.2) is 40.1 Å². The summed E-state index contributed by atoms with van der Waals surface area (Å²) in [5.41, 5.74) is 0.422. The average Bonchev–Trinajstić information content (AvgIpc) is 3.34. The number of morpholine rings is 1. The molecule has 0 N–H and O–H groups in total. The molecule has 172 valence electrons. The summed E-state index contributed by atoms with van der Waals surface area (Å²) in [7, 11) is 4.33. The van der Waals surface area contributed by atoms with Gasteiger partial charge in [0.15, 0.2) is 23.0 Å². The Morgan fingerprint density at radius 2 is 1.97 bits per heavy atom. The van der Waals surface area contributed by atoms with Gasteiger partial charge in [0.2, 0.25) is 11.5 Å². The van der Waals surface area contributed by atoms with Crippen LogP contribution in [-0.4, -0.2) is 76.0 Å². The van der Waals surface area contributed by atoms with Gasteiger partial charge < -0.3 is 33.1 Å². The zero-order chi connectivity index (χ0) is 23.1. The number of ketones is 1. The highest BCUT2D eigenvalue weighted by Gasteiger charge is 2.30. The molecule has 2 heterocycles. The molecule has 0 bridgehead atoms. The number of carbonyl (C=O) groups is 2. The number of rotatable bonds is 9. The van der Waals surface area contributed by atoms with E-state index in [4.69, 9.17) is 28.2 Å². The number of nitrogens with zero attached hydrogens (tertiary/aromatic N) is 2. The van der Waals surface area contributed by atoms with Crippen LogP contribution in [0.1, 0.15) is 23.0 Å². The molecule has 2 aromatic rings. The highest BCUT2D eigenvalue weighted by molar-refractivity contribution is 6.44. The van der Waals surface area contributed by atoms with Crippen molar-refractivity contribution < 1.29 is 37.8 Å². The Labute approximate surface area is 185 Å². The Hall–Kier alpha value is -3.53. The van der Waals surface area contributed by atoms with E-state index >= 15 is 0 Å². The van der Waals surface area contributed by atoms with Crippen LogP contribution in [0.25, 0.3) is 0 Å². The van der Waals surface area contributed by atoms with Crippen molar-refractivity contribution in [2.75, 3.05) is 47.6 Å². The molecule has 0 spiro atoms. The first kappa shape index (κ1) is 23.1. The van der Waals surface area contributed by atoms with Gasteiger partial charge >= 0.3 is 0 Å². The molecule has 32 heavy (non-hydrogen) atoms. The van der Waals surface area contributed by atoms with Crippen LogP contribution in [0, 0.1) is 0 Å². The van der Waals surface area contributed by atoms with Gasteiger partial charge in [-0.25, -0.2) is 0 Å². The predicted octanol–water partition coefficient (Wildman–Crippen LogP) is 2.16. The first-order chi connectivity index (χ1) is 15.5. The number of ether oxygens (including phenoxy) is 4. The smallest absolute Gasteiger partial charge is 0.279 e. The van der Waals surface area contributed by atoms with Gasteiger partial charge in [-0.05, 0) is 31.2 Å². The highest BCUT2D eigenvalue weighted by Crippen LogP contribution is 2.40. The Bertz CT molecular complexity index is 971. The summed E-state index contributed by atoms with van der Waals surface area (Å²) in [6.07, 6.45) is 1.02. The summed E-state index contributed by atoms with van der Waals surface area (Å²) in [4.78, 5) is 31.5. The fourth-order valence-electron chi connectivity index (χ4n) is 3.34. The van der Waals surface area contributed by atoms with E-state index in [1.165, 1.54) is 34.5 Å². The number of hydrogen-bond donors (Lipinski definition) is 0. The third kappa shape index (κ3) is 5.02. The molecule has 1 aliphatic rings. The molecule has 1 amide bonds. The van der Waals surface area contributed by atoms with Crippen LogP contribution < -0.4 is 14.2 Å². The number of Topliss-reactive ketones (excluding diaryl/α,β-unsaturated/α-hetero) is 1. The number of amides is 1. The van der Waals surface area contributed by atoms with Gasteiger partial charge in [0.05, 0.1) is 39.2 Å². The minimum atomic E-state index is -0.441. The minimum Gasteiger partial charge on any atom is -0.493 e. The van der Waals surface area contributed by atoms with E-state index in [2.05, 4.69) is 5.16 Å². The first-order valence-corrected chi connectivity index (χ1v) is 9.94. The van der Waals surface area contributed by atoms with Crippen molar-refractivity contribution in [2.24, 2.45) is 5.16 Å². The lowest BCUT2D eigenvalue weighted by molar-refractivity contribution is -0.132. The predicted molar refractivity (Wildman–Crippen MR) is 114 cm³/mol. The zero-order valence-electron chi connectivity index (χ0n) is 18.5. The van der Waals surface area contributed by atoms with Crippen molar-refractivity contribution in [3.05, 3.63) is 41.9 Å². The summed E-state index contributed by atoms with van der Waals surface area (Å²) < 4.78 is 27.7. The number of methoxy groups -OCH3 is 2. The maximum absolute atomic E-state index is 13.0. The number of carbonyl (C=O) groups excluding carboxylic acids is 2. The summed E-state index contributed by atoms with van der Waals surface area (Å²) in [6, 6.07) is 6.56. The summed E-state index contributed by atoms with van der Waals surface area (Å²) in [5, 5.41) is 3.82. The van der Waals surface area contributed by atoms with Gasteiger partial charge in [0.25, 0.3) is 5.91 Å². The van der Waals surface area contributed by atoms with Crippen LogP contribution in [0.5, 0.6) is 17.2 Å². The molecule has 3 rings (SSSR count). The monoisotopic (exact) mass is 446 g/mol. The lowest BCUT2D eigenvalue weighted by Gasteiger charge is -2.33. The molecule has 0 saturated carbocycles. The van der Waals surface area contributed by atoms with E-state index in [0.29, 0.717) is 36.0 Å². The largest absolute Gasteiger partial charge is 0.493 e. The van der Waals surface area contributed by atoms with E-state index in [1.807, 2.05) is 0 Å². The van der Waals surface area contributed by atoms with Gasteiger partial charge in [-0.3, -0.25) is 9.59 Å². The van der Waals surface area contributed by atoms with Crippen molar-refractivity contribution in [1.29, 1.82) is 0 Å². The van der Waals surface area contributed by atoms with Crippen LogP contribution in [0.3, 0.4) is 0 Å². The summed E-state index contributed by atoms with van der Waals surface area (Å²) >= 11 is 0. The second kappa shape index (κ2) is 10.7. The third-order valence-corrected chi connectivity index (χ3v) is 4.86. The minimum absolute atomic E-state index is 0.0624. The van der Waals surface area contributed by atoms with Crippen molar-refractivity contribution >= 4 is 17.4 Å². The van der Waals surface area contributed by atoms with Crippen molar-refractivity contribution in [1.82, 2.24) is 4.90 Å². The summed E-state index contributed by atoms with van der Waals surface area (Å²) in [5.74, 6) is 0.802. The zero-order valence-corrected chi connectivity index (χ0v) is 18.5. The number of benzene rings is 1. The van der Waals surface area contributed by atoms with E-state index in [1.54, 1.807) is 29.2 Å². The third-order valence-electron chi connectivity index (χ3n) is 4.86. The first-order valence-electron chi connectivity index (χ1n) is 9.94. The van der Waals surface area contributed by atoms with Crippen LogP contribution in [0.4, 0.5) is 0 Å². The fraction of sp³-hybridized carbons (Fsp3) is 0.409. The maximum atomic E-state index is 13.0. The van der Waals surface area contributed by atoms with E-state index < -0.39 is 6.10 Å². The van der Waals surface area contributed by atoms with Crippen LogP contribution in [-0.2, 0) is 14.4 Å². The van der Waals surface area contributed by atoms with E-state index in [-0.39, 0.29) is 36.3 Å². The quantitative estimate of drug-likeness (QED) is 0.328. The SMILES string of the molecule is CO/N=C(/C(=O)N1CCOC(COc2c(C(C)=O)ccc(OC)c2OC)C1)c1ccco1. The van der Waals surface area contributed by atoms with Gasteiger partial charge in [-0.15, -0.1) is 0 Å². The average molecular weight is 446 g/mol. The van der Waals surface area contributed by atoms with Crippen LogP contribution in [0.2, 0.25) is 0 Å². The molecule has 0 aliphatic carbocycles. The molecule has 1 atom stereocenters. The Balaban J connectivity index is 1.74. The van der Waals surface area contributed by atoms with Crippen molar-refractivity contribution in [2.45, 2.75) is 13.0 Å². The Kier molecular flexibility index (Phi) is 7.72. The lowest BCUT2D eigenvalue weighted by Crippen LogP contribution is -2.50. The highest BCUT2D eigenvalue weighted by atomic mass is 16.6. The summed E-state index contributed by atoms with van der Waals surface area (Å²) in [6.45, 7) is 2.47. The standard InChI is InChI=1S/C22H26N2O8/c1-14(25)16-7-8-18(27-2)21(28-3)20(16)32-13-15-12-24(9-11-30-15)22(26)19(23-29-4)17-6-5-10-31-17/h5-8,10,15H,9,11-13H2,1-4H3/b23-19+. The number of hydrogen-bond acceptors (Lipinski definition) is 9. The van der Waals surface area contributed by atoms with E-state index in [9.17, 15) is 9.59 Å². The molecule has 1 saturated heterocycles. The molecule has 1 aromatic carbocycles. The van der Waals surface area contributed by atoms with Crippen molar-refractivity contribution in [3.8, 4) is 17.2 Å². The molecule has 1 fully saturated rings. The fourth-order valence-corrected chi connectivity index (χ4v) is 3.34. The van der Waals surface area contributed by atoms with Gasteiger partial charge in [0.1, 0.15) is 19.8 Å². The molecule has 1 unspecified atom stereocenters. The second-order valence-electron chi connectivity index (χ2n) is 6.89. The normalized spacial score (nSPS) is 16.4. The Morgan fingerprint density at radius 1 is 1.16 bits per heavy atom. The molecule has 1 aliphatic heterocycles. The maximum Gasteiger partial charge on any atom is 0.279 e. The molecular formula is C22H26N2O8. The van der Waals surface area contributed by atoms with Crippen LogP contribution >= 0.6 is 0 Å². The second-order valence-corrected chi connectivity index (χ2v) is 6.89.